The zero-order valence-corrected chi connectivity index (χ0v) is 16.6. The van der Waals surface area contributed by atoms with Gasteiger partial charge < -0.3 is 14.4 Å². The van der Waals surface area contributed by atoms with E-state index in [9.17, 15) is 13.2 Å². The highest BCUT2D eigenvalue weighted by Crippen LogP contribution is 2.35. The monoisotopic (exact) mass is 423 g/mol. The number of carbonyl (C=O) groups excluding carboxylic acids is 1. The molecule has 0 aliphatic carbocycles. The molecule has 0 unspecified atom stereocenters. The molecule has 2 aliphatic heterocycles. The maximum Gasteiger partial charge on any atom is 0.262 e. The number of hydrogen-bond donors (Lipinski definition) is 1. The molecule has 0 saturated carbocycles. The molecule has 152 valence electrons. The minimum Gasteiger partial charge on any atom is -0.454 e. The Morgan fingerprint density at radius 2 is 1.93 bits per heavy atom. The number of hydrogen-bond acceptors (Lipinski definition) is 6. The van der Waals surface area contributed by atoms with Crippen LogP contribution in [0.4, 0.5) is 11.4 Å². The van der Waals surface area contributed by atoms with E-state index in [1.54, 1.807) is 41.4 Å². The zero-order chi connectivity index (χ0) is 20.7. The summed E-state index contributed by atoms with van der Waals surface area (Å²) in [5.41, 5.74) is 2.53. The molecule has 1 aromatic heterocycles. The van der Waals surface area contributed by atoms with Crippen LogP contribution in [0.15, 0.2) is 65.8 Å². The molecule has 2 aromatic carbocycles. The van der Waals surface area contributed by atoms with Gasteiger partial charge in [0.1, 0.15) is 0 Å². The van der Waals surface area contributed by atoms with E-state index in [-0.39, 0.29) is 17.6 Å². The number of fused-ring (bicyclic) bond motifs is 2. The number of pyridine rings is 1. The van der Waals surface area contributed by atoms with Gasteiger partial charge in [0, 0.05) is 30.7 Å². The van der Waals surface area contributed by atoms with Gasteiger partial charge in [0.05, 0.1) is 16.1 Å². The molecule has 8 nitrogen and oxygen atoms in total. The van der Waals surface area contributed by atoms with Crippen molar-refractivity contribution in [3.05, 3.63) is 72.1 Å². The summed E-state index contributed by atoms with van der Waals surface area (Å²) in [7, 11) is -3.84. The molecule has 0 radical (unpaired) electrons. The molecular formula is C21H17N3O5S. The van der Waals surface area contributed by atoms with Crippen molar-refractivity contribution in [2.24, 2.45) is 0 Å². The van der Waals surface area contributed by atoms with Crippen LogP contribution in [0.3, 0.4) is 0 Å². The third-order valence-corrected chi connectivity index (χ3v) is 6.42. The normalized spacial score (nSPS) is 14.5. The zero-order valence-electron chi connectivity index (χ0n) is 15.7. The number of carbonyl (C=O) groups is 1. The van der Waals surface area contributed by atoms with Crippen molar-refractivity contribution >= 4 is 27.3 Å². The van der Waals surface area contributed by atoms with Crippen LogP contribution in [-0.2, 0) is 16.4 Å². The Labute approximate surface area is 173 Å². The molecule has 0 saturated heterocycles. The average molecular weight is 423 g/mol. The number of sulfonamides is 1. The Morgan fingerprint density at radius 3 is 2.77 bits per heavy atom. The first-order valence-corrected chi connectivity index (χ1v) is 10.8. The second-order valence-corrected chi connectivity index (χ2v) is 8.59. The first-order chi connectivity index (χ1) is 14.5. The third kappa shape index (κ3) is 3.22. The first kappa shape index (κ1) is 18.4. The number of anilines is 2. The summed E-state index contributed by atoms with van der Waals surface area (Å²) >= 11 is 0. The molecule has 30 heavy (non-hydrogen) atoms. The molecule has 0 atom stereocenters. The van der Waals surface area contributed by atoms with Crippen LogP contribution in [0, 0.1) is 0 Å². The number of ether oxygens (including phenoxy) is 2. The fourth-order valence-corrected chi connectivity index (χ4v) is 4.62. The second kappa shape index (κ2) is 7.03. The fourth-order valence-electron chi connectivity index (χ4n) is 3.56. The number of nitrogens with zero attached hydrogens (tertiary/aromatic N) is 2. The van der Waals surface area contributed by atoms with Crippen molar-refractivity contribution in [3.63, 3.8) is 0 Å². The molecule has 1 N–H and O–H groups in total. The lowest BCUT2D eigenvalue weighted by Gasteiger charge is -2.18. The summed E-state index contributed by atoms with van der Waals surface area (Å²) in [6.07, 6.45) is 3.83. The number of rotatable bonds is 4. The van der Waals surface area contributed by atoms with Gasteiger partial charge in [0.25, 0.3) is 15.9 Å². The largest absolute Gasteiger partial charge is 0.454 e. The Bertz CT molecular complexity index is 1240. The predicted molar refractivity (Wildman–Crippen MR) is 109 cm³/mol. The molecule has 9 heteroatoms. The summed E-state index contributed by atoms with van der Waals surface area (Å²) in [5.74, 6) is 0.730. The Balaban J connectivity index is 1.42. The number of amides is 1. The fraction of sp³-hybridized carbons (Fsp3) is 0.143. The van der Waals surface area contributed by atoms with Crippen LogP contribution in [0.2, 0.25) is 0 Å². The molecule has 3 heterocycles. The van der Waals surface area contributed by atoms with Gasteiger partial charge in [-0.25, -0.2) is 8.42 Å². The van der Waals surface area contributed by atoms with Crippen molar-refractivity contribution in [2.75, 3.05) is 23.0 Å². The van der Waals surface area contributed by atoms with E-state index >= 15 is 0 Å². The van der Waals surface area contributed by atoms with Gasteiger partial charge in [-0.2, -0.15) is 0 Å². The van der Waals surface area contributed by atoms with Crippen molar-refractivity contribution in [1.82, 2.24) is 4.98 Å². The van der Waals surface area contributed by atoms with E-state index < -0.39 is 10.0 Å². The molecular weight excluding hydrogens is 406 g/mol. The number of aromatic nitrogens is 1. The van der Waals surface area contributed by atoms with Gasteiger partial charge >= 0.3 is 0 Å². The molecule has 3 aromatic rings. The molecule has 2 aliphatic rings. The first-order valence-electron chi connectivity index (χ1n) is 9.28. The Kier molecular flexibility index (Phi) is 4.32. The molecule has 0 bridgehead atoms. The van der Waals surface area contributed by atoms with Gasteiger partial charge in [-0.05, 0) is 48.4 Å². The minimum atomic E-state index is -3.84. The van der Waals surface area contributed by atoms with E-state index in [0.29, 0.717) is 41.4 Å². The van der Waals surface area contributed by atoms with Gasteiger partial charge in [-0.15, -0.1) is 0 Å². The summed E-state index contributed by atoms with van der Waals surface area (Å²) in [6, 6.07) is 13.1. The van der Waals surface area contributed by atoms with Crippen LogP contribution in [0.5, 0.6) is 11.5 Å². The van der Waals surface area contributed by atoms with E-state index in [2.05, 4.69) is 9.71 Å². The van der Waals surface area contributed by atoms with Crippen molar-refractivity contribution in [3.8, 4) is 11.5 Å². The van der Waals surface area contributed by atoms with Crippen molar-refractivity contribution in [1.29, 1.82) is 0 Å². The summed E-state index contributed by atoms with van der Waals surface area (Å²) in [4.78, 5) is 18.6. The van der Waals surface area contributed by atoms with Crippen LogP contribution in [-0.4, -0.2) is 32.6 Å². The molecule has 0 spiro atoms. The van der Waals surface area contributed by atoms with Crippen molar-refractivity contribution in [2.45, 2.75) is 11.3 Å². The second-order valence-electron chi connectivity index (χ2n) is 6.91. The van der Waals surface area contributed by atoms with E-state index in [1.807, 2.05) is 6.07 Å². The van der Waals surface area contributed by atoms with Crippen LogP contribution in [0.1, 0.15) is 15.9 Å². The van der Waals surface area contributed by atoms with E-state index in [0.717, 1.165) is 5.56 Å². The smallest absolute Gasteiger partial charge is 0.262 e. The lowest BCUT2D eigenvalue weighted by molar-refractivity contribution is 0.0989. The molecule has 0 fully saturated rings. The van der Waals surface area contributed by atoms with E-state index in [4.69, 9.17) is 9.47 Å². The van der Waals surface area contributed by atoms with Gasteiger partial charge in [0.15, 0.2) is 11.5 Å². The Hall–Kier alpha value is -3.59. The highest BCUT2D eigenvalue weighted by Gasteiger charge is 2.27. The van der Waals surface area contributed by atoms with Crippen LogP contribution in [0.25, 0.3) is 0 Å². The molecule has 5 rings (SSSR count). The maximum atomic E-state index is 12.9. The SMILES string of the molecule is O=C(c1cccnc1)N1CCc2ccc(NS(=O)(=O)c3ccc4c(c3)OCO4)cc21. The number of nitrogens with one attached hydrogen (secondary N) is 1. The highest BCUT2D eigenvalue weighted by molar-refractivity contribution is 7.92. The topological polar surface area (TPSA) is 97.8 Å². The van der Waals surface area contributed by atoms with Crippen molar-refractivity contribution < 1.29 is 22.7 Å². The van der Waals surface area contributed by atoms with Gasteiger partial charge in [-0.1, -0.05) is 6.07 Å². The quantitative estimate of drug-likeness (QED) is 0.693. The predicted octanol–water partition coefficient (Wildman–Crippen LogP) is 2.81. The van der Waals surface area contributed by atoms with E-state index in [1.165, 1.54) is 18.3 Å². The lowest BCUT2D eigenvalue weighted by atomic mass is 10.1. The van der Waals surface area contributed by atoms with Crippen LogP contribution >= 0.6 is 0 Å². The maximum absolute atomic E-state index is 12.9. The number of benzene rings is 2. The van der Waals surface area contributed by atoms with Crippen LogP contribution < -0.4 is 19.1 Å². The summed E-state index contributed by atoms with van der Waals surface area (Å²) < 4.78 is 38.8. The third-order valence-electron chi connectivity index (χ3n) is 5.04. The summed E-state index contributed by atoms with van der Waals surface area (Å²) in [5, 5.41) is 0. The molecule has 1 amide bonds. The average Bonchev–Trinajstić information content (AvgIpc) is 3.39. The minimum absolute atomic E-state index is 0.0653. The standard InChI is InChI=1S/C21H17N3O5S/c25-21(15-2-1-8-22-12-15)24-9-7-14-3-4-16(10-18(14)24)23-30(26,27)17-5-6-19-20(11-17)29-13-28-19/h1-6,8,10-12,23H,7,9,13H2. The van der Waals surface area contributed by atoms with Gasteiger partial charge in [0.2, 0.25) is 6.79 Å². The Morgan fingerprint density at radius 1 is 1.07 bits per heavy atom. The highest BCUT2D eigenvalue weighted by atomic mass is 32.2. The lowest BCUT2D eigenvalue weighted by Crippen LogP contribution is -2.29. The summed E-state index contributed by atoms with van der Waals surface area (Å²) in [6.45, 7) is 0.597. The van der Waals surface area contributed by atoms with Gasteiger partial charge in [-0.3, -0.25) is 14.5 Å².